The second-order valence-corrected chi connectivity index (χ2v) is 4.65. The molecule has 1 rings (SSSR count). The van der Waals surface area contributed by atoms with Crippen LogP contribution in [0.1, 0.15) is 38.2 Å². The molecule has 5 heteroatoms. The summed E-state index contributed by atoms with van der Waals surface area (Å²) >= 11 is 0. The molecule has 1 aromatic carbocycles. The molecular formula is C15H22F3NO. The summed E-state index contributed by atoms with van der Waals surface area (Å²) in [5.74, 6) is -0.0795. The van der Waals surface area contributed by atoms with Gasteiger partial charge in [-0.25, -0.2) is 0 Å². The molecule has 0 aliphatic carbocycles. The quantitative estimate of drug-likeness (QED) is 0.686. The van der Waals surface area contributed by atoms with Crippen LogP contribution in [-0.4, -0.2) is 19.7 Å². The Morgan fingerprint density at radius 1 is 1.05 bits per heavy atom. The lowest BCUT2D eigenvalue weighted by atomic mass is 10.2. The number of hydrogen-bond donors (Lipinski definition) is 1. The molecule has 114 valence electrons. The fraction of sp³-hybridized carbons (Fsp3) is 0.600. The predicted octanol–water partition coefficient (Wildman–Crippen LogP) is 4.25. The van der Waals surface area contributed by atoms with Crippen LogP contribution in [0, 0.1) is 0 Å². The molecule has 0 radical (unpaired) electrons. The van der Waals surface area contributed by atoms with Gasteiger partial charge in [-0.2, -0.15) is 13.2 Å². The average Bonchev–Trinajstić information content (AvgIpc) is 2.41. The minimum absolute atomic E-state index is 0.0795. The summed E-state index contributed by atoms with van der Waals surface area (Å²) in [6.07, 6.45) is -0.521. The zero-order chi connectivity index (χ0) is 14.8. The molecule has 20 heavy (non-hydrogen) atoms. The van der Waals surface area contributed by atoms with E-state index in [1.807, 2.05) is 0 Å². The lowest BCUT2D eigenvalue weighted by Crippen LogP contribution is -2.16. The third kappa shape index (κ3) is 6.28. The van der Waals surface area contributed by atoms with Crippen LogP contribution in [0.3, 0.4) is 0 Å². The molecule has 0 fully saturated rings. The van der Waals surface area contributed by atoms with Crippen molar-refractivity contribution in [3.63, 3.8) is 0 Å². The van der Waals surface area contributed by atoms with E-state index in [0.717, 1.165) is 44.8 Å². The molecule has 0 aromatic heterocycles. The fourth-order valence-electron chi connectivity index (χ4n) is 1.84. The second-order valence-electron chi connectivity index (χ2n) is 4.65. The summed E-state index contributed by atoms with van der Waals surface area (Å²) in [6, 6.07) is 5.34. The smallest absolute Gasteiger partial charge is 0.419 e. The molecule has 0 bridgehead atoms. The summed E-state index contributed by atoms with van der Waals surface area (Å²) in [5, 5.41) is 3.28. The Kier molecular flexibility index (Phi) is 7.44. The largest absolute Gasteiger partial charge is 0.493 e. The van der Waals surface area contributed by atoms with Crippen LogP contribution in [0.2, 0.25) is 0 Å². The van der Waals surface area contributed by atoms with Crippen molar-refractivity contribution in [2.24, 2.45) is 0 Å². The first-order valence-corrected chi connectivity index (χ1v) is 7.05. The van der Waals surface area contributed by atoms with E-state index in [1.165, 1.54) is 12.1 Å². The monoisotopic (exact) mass is 289 g/mol. The molecule has 0 atom stereocenters. The van der Waals surface area contributed by atoms with Gasteiger partial charge < -0.3 is 10.1 Å². The highest BCUT2D eigenvalue weighted by molar-refractivity contribution is 5.35. The van der Waals surface area contributed by atoms with Crippen molar-refractivity contribution < 1.29 is 17.9 Å². The maximum absolute atomic E-state index is 12.7. The van der Waals surface area contributed by atoms with Crippen LogP contribution in [0.4, 0.5) is 13.2 Å². The summed E-state index contributed by atoms with van der Waals surface area (Å²) in [5.41, 5.74) is -0.704. The van der Waals surface area contributed by atoms with Crippen molar-refractivity contribution in [2.45, 2.75) is 38.8 Å². The summed E-state index contributed by atoms with van der Waals surface area (Å²) in [6.45, 7) is 4.39. The molecular weight excluding hydrogens is 267 g/mol. The van der Waals surface area contributed by atoms with Crippen molar-refractivity contribution in [1.29, 1.82) is 0 Å². The fourth-order valence-corrected chi connectivity index (χ4v) is 1.84. The summed E-state index contributed by atoms with van der Waals surface area (Å²) < 4.78 is 43.4. The molecule has 2 nitrogen and oxygen atoms in total. The maximum atomic E-state index is 12.7. The number of rotatable bonds is 9. The van der Waals surface area contributed by atoms with E-state index in [1.54, 1.807) is 6.07 Å². The lowest BCUT2D eigenvalue weighted by molar-refractivity contribution is -0.138. The number of alkyl halides is 3. The molecule has 0 aliphatic heterocycles. The number of unbranched alkanes of at least 4 members (excludes halogenated alkanes) is 2. The molecule has 0 aliphatic rings. The number of nitrogens with one attached hydrogen (secondary N) is 1. The molecule has 0 heterocycles. The first kappa shape index (κ1) is 16.8. The van der Waals surface area contributed by atoms with Crippen molar-refractivity contribution in [3.8, 4) is 5.75 Å². The molecule has 0 spiro atoms. The number of halogens is 3. The average molecular weight is 289 g/mol. The van der Waals surface area contributed by atoms with E-state index >= 15 is 0 Å². The minimum atomic E-state index is -4.36. The van der Waals surface area contributed by atoms with Crippen LogP contribution in [-0.2, 0) is 6.18 Å². The first-order valence-electron chi connectivity index (χ1n) is 7.05. The molecule has 0 unspecified atom stereocenters. The van der Waals surface area contributed by atoms with Gasteiger partial charge in [0.1, 0.15) is 5.75 Å². The van der Waals surface area contributed by atoms with Gasteiger partial charge >= 0.3 is 6.18 Å². The van der Waals surface area contributed by atoms with Gasteiger partial charge in [0, 0.05) is 0 Å². The third-order valence-electron chi connectivity index (χ3n) is 2.87. The van der Waals surface area contributed by atoms with Crippen LogP contribution < -0.4 is 10.1 Å². The Morgan fingerprint density at radius 3 is 2.50 bits per heavy atom. The lowest BCUT2D eigenvalue weighted by Gasteiger charge is -2.13. The molecule has 0 saturated carbocycles. The SMILES string of the molecule is CCCNCCCCCOc1ccccc1C(F)(F)F. The van der Waals surface area contributed by atoms with Gasteiger partial charge in [-0.05, 0) is 50.9 Å². The Morgan fingerprint density at radius 2 is 1.80 bits per heavy atom. The molecule has 0 saturated heterocycles. The number of hydrogen-bond acceptors (Lipinski definition) is 2. The second kappa shape index (κ2) is 8.84. The molecule has 0 amide bonds. The topological polar surface area (TPSA) is 21.3 Å². The van der Waals surface area contributed by atoms with E-state index in [9.17, 15) is 13.2 Å². The van der Waals surface area contributed by atoms with Crippen molar-refractivity contribution in [1.82, 2.24) is 5.32 Å². The van der Waals surface area contributed by atoms with E-state index in [2.05, 4.69) is 12.2 Å². The standard InChI is InChI=1S/C15H22F3NO/c1-2-10-19-11-6-3-7-12-20-14-9-5-4-8-13(14)15(16,17)18/h4-5,8-9,19H,2-3,6-7,10-12H2,1H3. The highest BCUT2D eigenvalue weighted by Gasteiger charge is 2.33. The Bertz CT molecular complexity index is 380. The van der Waals surface area contributed by atoms with Gasteiger partial charge in [0.25, 0.3) is 0 Å². The Labute approximate surface area is 118 Å². The molecule has 1 aromatic rings. The Hall–Kier alpha value is -1.23. The van der Waals surface area contributed by atoms with Gasteiger partial charge in [-0.1, -0.05) is 19.1 Å². The van der Waals surface area contributed by atoms with Gasteiger partial charge in [0.2, 0.25) is 0 Å². The van der Waals surface area contributed by atoms with E-state index in [4.69, 9.17) is 4.74 Å². The highest BCUT2D eigenvalue weighted by atomic mass is 19.4. The third-order valence-corrected chi connectivity index (χ3v) is 2.87. The van der Waals surface area contributed by atoms with Crippen LogP contribution in [0.5, 0.6) is 5.75 Å². The number of ether oxygens (including phenoxy) is 1. The van der Waals surface area contributed by atoms with Crippen LogP contribution >= 0.6 is 0 Å². The van der Waals surface area contributed by atoms with E-state index in [0.29, 0.717) is 6.61 Å². The van der Waals surface area contributed by atoms with Crippen molar-refractivity contribution in [2.75, 3.05) is 19.7 Å². The zero-order valence-electron chi connectivity index (χ0n) is 11.8. The normalized spacial score (nSPS) is 11.6. The minimum Gasteiger partial charge on any atom is -0.493 e. The maximum Gasteiger partial charge on any atom is 0.419 e. The van der Waals surface area contributed by atoms with Gasteiger partial charge in [-0.3, -0.25) is 0 Å². The zero-order valence-corrected chi connectivity index (χ0v) is 11.8. The number of benzene rings is 1. The van der Waals surface area contributed by atoms with Gasteiger partial charge in [0.15, 0.2) is 0 Å². The van der Waals surface area contributed by atoms with Crippen LogP contribution in [0.25, 0.3) is 0 Å². The van der Waals surface area contributed by atoms with Crippen LogP contribution in [0.15, 0.2) is 24.3 Å². The highest BCUT2D eigenvalue weighted by Crippen LogP contribution is 2.35. The van der Waals surface area contributed by atoms with Gasteiger partial charge in [-0.15, -0.1) is 0 Å². The Balaban J connectivity index is 2.26. The molecule has 1 N–H and O–H groups in total. The van der Waals surface area contributed by atoms with Crippen molar-refractivity contribution >= 4 is 0 Å². The van der Waals surface area contributed by atoms with Crippen molar-refractivity contribution in [3.05, 3.63) is 29.8 Å². The number of para-hydroxylation sites is 1. The predicted molar refractivity (Wildman–Crippen MR) is 74.0 cm³/mol. The van der Waals surface area contributed by atoms with E-state index in [-0.39, 0.29) is 5.75 Å². The summed E-state index contributed by atoms with van der Waals surface area (Å²) in [4.78, 5) is 0. The first-order chi connectivity index (χ1) is 9.55. The summed E-state index contributed by atoms with van der Waals surface area (Å²) in [7, 11) is 0. The van der Waals surface area contributed by atoms with Gasteiger partial charge in [0.05, 0.1) is 12.2 Å². The van der Waals surface area contributed by atoms with E-state index < -0.39 is 11.7 Å².